The van der Waals surface area contributed by atoms with Gasteiger partial charge >= 0.3 is 0 Å². The van der Waals surface area contributed by atoms with Crippen LogP contribution in [0.1, 0.15) is 0 Å². The van der Waals surface area contributed by atoms with Crippen molar-refractivity contribution in [3.8, 4) is 45.3 Å². The van der Waals surface area contributed by atoms with Gasteiger partial charge in [-0.2, -0.15) is 0 Å². The highest BCUT2D eigenvalue weighted by Crippen LogP contribution is 2.52. The highest BCUT2D eigenvalue weighted by molar-refractivity contribution is 5.99. The van der Waals surface area contributed by atoms with Crippen LogP contribution in [-0.4, -0.2) is 0 Å². The lowest BCUT2D eigenvalue weighted by Gasteiger charge is -2.33. The van der Waals surface area contributed by atoms with Crippen LogP contribution < -0.4 is 24.2 Å². The molecule has 0 unspecified atom stereocenters. The minimum absolute atomic E-state index is 0.839. The van der Waals surface area contributed by atoms with Gasteiger partial charge in [-0.1, -0.05) is 133 Å². The summed E-state index contributed by atoms with van der Waals surface area (Å²) in [6.45, 7) is 0. The van der Waals surface area contributed by atoms with Gasteiger partial charge < -0.3 is 24.2 Å². The van der Waals surface area contributed by atoms with E-state index >= 15 is 0 Å². The van der Waals surface area contributed by atoms with Crippen molar-refractivity contribution in [3.05, 3.63) is 237 Å². The van der Waals surface area contributed by atoms with Crippen molar-refractivity contribution in [2.45, 2.75) is 0 Å². The Morgan fingerprint density at radius 1 is 0.302 bits per heavy atom. The Hall–Kier alpha value is -8.54. The molecule has 0 saturated heterocycles. The number of para-hydroxylation sites is 8. The van der Waals surface area contributed by atoms with E-state index in [1.807, 2.05) is 48.5 Å². The second-order valence-electron chi connectivity index (χ2n) is 15.8. The van der Waals surface area contributed by atoms with E-state index in [2.05, 4.69) is 203 Å². The molecule has 12 rings (SSSR count). The third-order valence-electron chi connectivity index (χ3n) is 12.0. The molecule has 5 nitrogen and oxygen atoms in total. The molecule has 2 heterocycles. The monoisotopic (exact) mass is 809 g/mol. The molecule has 0 bridgehead atoms. The molecule has 0 radical (unpaired) electrons. The summed E-state index contributed by atoms with van der Waals surface area (Å²) in [5.41, 5.74) is 14.0. The maximum atomic E-state index is 6.31. The minimum Gasteiger partial charge on any atom is -0.453 e. The van der Waals surface area contributed by atoms with Crippen molar-refractivity contribution >= 4 is 62.0 Å². The third kappa shape index (κ3) is 6.42. The summed E-state index contributed by atoms with van der Waals surface area (Å²) >= 11 is 0. The molecule has 10 aromatic rings. The van der Waals surface area contributed by atoms with E-state index in [4.69, 9.17) is 9.47 Å². The molecule has 0 amide bonds. The summed E-state index contributed by atoms with van der Waals surface area (Å²) in [7, 11) is 0. The summed E-state index contributed by atoms with van der Waals surface area (Å²) in [5, 5.41) is 2.38. The lowest BCUT2D eigenvalue weighted by Crippen LogP contribution is -2.15. The van der Waals surface area contributed by atoms with Gasteiger partial charge in [-0.25, -0.2) is 0 Å². The van der Waals surface area contributed by atoms with Crippen LogP contribution in [0.2, 0.25) is 0 Å². The summed E-state index contributed by atoms with van der Waals surface area (Å²) in [6, 6.07) is 83.4. The van der Waals surface area contributed by atoms with Crippen LogP contribution in [0.25, 0.3) is 33.0 Å². The van der Waals surface area contributed by atoms with E-state index in [0.29, 0.717) is 0 Å². The Kier molecular flexibility index (Phi) is 8.75. The van der Waals surface area contributed by atoms with E-state index < -0.39 is 0 Å². The van der Waals surface area contributed by atoms with E-state index in [0.717, 1.165) is 96.4 Å². The Morgan fingerprint density at radius 3 is 1.14 bits per heavy atom. The molecule has 5 heteroatoms. The standard InChI is InChI=1S/C58H39N3O2/c1-2-20-49-42(14-1)15-13-25-50(49)59(45-34-30-40(31-35-45)43-16-11-18-47(38-43)60-51-21-3-7-26-55(51)62-56-27-8-4-22-52(56)60)46-36-32-41(33-37-46)44-17-12-19-48(39-44)61-53-23-5-9-28-57(53)63-58-29-10-6-24-54(58)61/h1-39H. The third-order valence-corrected chi connectivity index (χ3v) is 12.0. The number of hydrogen-bond donors (Lipinski definition) is 0. The zero-order valence-electron chi connectivity index (χ0n) is 34.2. The van der Waals surface area contributed by atoms with Crippen LogP contribution in [0, 0.1) is 0 Å². The largest absolute Gasteiger partial charge is 0.453 e. The molecule has 2 aliphatic rings. The summed E-state index contributed by atoms with van der Waals surface area (Å²) in [5.74, 6) is 3.36. The molecule has 63 heavy (non-hydrogen) atoms. The van der Waals surface area contributed by atoms with E-state index in [-0.39, 0.29) is 0 Å². The number of ether oxygens (including phenoxy) is 2. The first-order chi connectivity index (χ1) is 31.2. The highest BCUT2D eigenvalue weighted by atomic mass is 16.5. The lowest BCUT2D eigenvalue weighted by molar-refractivity contribution is 0.477. The Balaban J connectivity index is 0.900. The summed E-state index contributed by atoms with van der Waals surface area (Å²) in [4.78, 5) is 6.94. The van der Waals surface area contributed by atoms with Crippen molar-refractivity contribution in [2.24, 2.45) is 0 Å². The van der Waals surface area contributed by atoms with Gasteiger partial charge in [0.2, 0.25) is 0 Å². The molecule has 2 aliphatic heterocycles. The molecular weight excluding hydrogens is 771 g/mol. The molecule has 0 aliphatic carbocycles. The predicted molar refractivity (Wildman–Crippen MR) is 259 cm³/mol. The molecule has 0 atom stereocenters. The first kappa shape index (κ1) is 36.3. The van der Waals surface area contributed by atoms with Crippen molar-refractivity contribution < 1.29 is 9.47 Å². The first-order valence-electron chi connectivity index (χ1n) is 21.2. The molecular formula is C58H39N3O2. The average molecular weight is 810 g/mol. The average Bonchev–Trinajstić information content (AvgIpc) is 3.35. The second-order valence-corrected chi connectivity index (χ2v) is 15.8. The van der Waals surface area contributed by atoms with Gasteiger partial charge in [-0.15, -0.1) is 0 Å². The minimum atomic E-state index is 0.839. The molecule has 0 N–H and O–H groups in total. The zero-order chi connectivity index (χ0) is 41.7. The van der Waals surface area contributed by atoms with Crippen LogP contribution in [0.5, 0.6) is 23.0 Å². The van der Waals surface area contributed by atoms with Gasteiger partial charge in [0.25, 0.3) is 0 Å². The van der Waals surface area contributed by atoms with Gasteiger partial charge in [0.05, 0.1) is 28.4 Å². The van der Waals surface area contributed by atoms with Gasteiger partial charge in [0.15, 0.2) is 23.0 Å². The van der Waals surface area contributed by atoms with Crippen LogP contribution in [0.4, 0.5) is 51.2 Å². The summed E-state index contributed by atoms with van der Waals surface area (Å²) in [6.07, 6.45) is 0. The lowest BCUT2D eigenvalue weighted by atomic mass is 10.0. The van der Waals surface area contributed by atoms with Crippen LogP contribution >= 0.6 is 0 Å². The van der Waals surface area contributed by atoms with Gasteiger partial charge in [-0.05, 0) is 131 Å². The smallest absolute Gasteiger partial charge is 0.151 e. The van der Waals surface area contributed by atoms with Crippen molar-refractivity contribution in [3.63, 3.8) is 0 Å². The normalized spacial score (nSPS) is 12.3. The highest BCUT2D eigenvalue weighted by Gasteiger charge is 2.27. The summed E-state index contributed by atoms with van der Waals surface area (Å²) < 4.78 is 12.6. The van der Waals surface area contributed by atoms with E-state index in [9.17, 15) is 0 Å². The van der Waals surface area contributed by atoms with Crippen LogP contribution in [-0.2, 0) is 0 Å². The second kappa shape index (κ2) is 15.2. The maximum absolute atomic E-state index is 6.31. The molecule has 0 spiro atoms. The zero-order valence-corrected chi connectivity index (χ0v) is 34.2. The Labute approximate surface area is 366 Å². The number of anilines is 9. The number of fused-ring (bicyclic) bond motifs is 5. The maximum Gasteiger partial charge on any atom is 0.151 e. The number of rotatable bonds is 7. The molecule has 0 aromatic heterocycles. The Morgan fingerprint density at radius 2 is 0.683 bits per heavy atom. The number of nitrogens with zero attached hydrogens (tertiary/aromatic N) is 3. The van der Waals surface area contributed by atoms with Crippen LogP contribution in [0.3, 0.4) is 0 Å². The van der Waals surface area contributed by atoms with E-state index in [1.54, 1.807) is 0 Å². The van der Waals surface area contributed by atoms with Gasteiger partial charge in [0, 0.05) is 28.1 Å². The topological polar surface area (TPSA) is 28.2 Å². The first-order valence-corrected chi connectivity index (χ1v) is 21.2. The van der Waals surface area contributed by atoms with Crippen molar-refractivity contribution in [1.29, 1.82) is 0 Å². The molecule has 0 fully saturated rings. The number of hydrogen-bond acceptors (Lipinski definition) is 5. The Bertz CT molecular complexity index is 3040. The van der Waals surface area contributed by atoms with Crippen LogP contribution in [0.15, 0.2) is 237 Å². The van der Waals surface area contributed by atoms with Crippen molar-refractivity contribution in [1.82, 2.24) is 0 Å². The quantitative estimate of drug-likeness (QED) is 0.160. The predicted octanol–water partition coefficient (Wildman–Crippen LogP) is 16.8. The van der Waals surface area contributed by atoms with Gasteiger partial charge in [0.1, 0.15) is 0 Å². The van der Waals surface area contributed by atoms with E-state index in [1.165, 1.54) is 10.8 Å². The van der Waals surface area contributed by atoms with Gasteiger partial charge in [-0.3, -0.25) is 0 Å². The van der Waals surface area contributed by atoms with Crippen molar-refractivity contribution in [2.75, 3.05) is 14.7 Å². The molecule has 0 saturated carbocycles. The molecule has 10 aromatic carbocycles. The number of benzene rings is 10. The molecule has 298 valence electrons. The SMILES string of the molecule is c1cc(-c2ccc(N(c3ccc(-c4cccc(N5c6ccccc6Oc6ccccc65)c4)cc3)c3cccc4ccccc34)cc2)cc(N2c3ccccc3Oc3ccccc32)c1. The fraction of sp³-hybridized carbons (Fsp3) is 0. The fourth-order valence-electron chi connectivity index (χ4n) is 9.05. The fourth-order valence-corrected chi connectivity index (χ4v) is 9.05.